The van der Waals surface area contributed by atoms with Crippen molar-refractivity contribution in [3.63, 3.8) is 0 Å². The van der Waals surface area contributed by atoms with Crippen LogP contribution in [0.3, 0.4) is 0 Å². The van der Waals surface area contributed by atoms with Crippen molar-refractivity contribution in [1.82, 2.24) is 0 Å². The lowest BCUT2D eigenvalue weighted by Gasteiger charge is -2.32. The number of carbonyl (C=O) groups excluding carboxylic acids is 1. The molecule has 3 rings (SSSR count). The van der Waals surface area contributed by atoms with Crippen molar-refractivity contribution < 1.29 is 4.79 Å². The summed E-state index contributed by atoms with van der Waals surface area (Å²) in [5.41, 5.74) is 4.28. The summed E-state index contributed by atoms with van der Waals surface area (Å²) >= 11 is 5.88. The van der Waals surface area contributed by atoms with Crippen LogP contribution in [-0.2, 0) is 0 Å². The van der Waals surface area contributed by atoms with Crippen molar-refractivity contribution in [1.29, 1.82) is 0 Å². The maximum Gasteiger partial charge on any atom is 0.257 e. The fraction of sp³-hybridized carbons (Fsp3) is 0.211. The highest BCUT2D eigenvalue weighted by molar-refractivity contribution is 6.30. The SMILES string of the molecule is CC1=CC(C)(C)Nc2c(C(=O)Nc3ccc(Cl)cc3)cccc21. The quantitative estimate of drug-likeness (QED) is 0.796. The van der Waals surface area contributed by atoms with Gasteiger partial charge < -0.3 is 10.6 Å². The third kappa shape index (κ3) is 3.25. The van der Waals surface area contributed by atoms with E-state index in [1.807, 2.05) is 18.2 Å². The zero-order valence-electron chi connectivity index (χ0n) is 13.4. The smallest absolute Gasteiger partial charge is 0.257 e. The second-order valence-electron chi connectivity index (χ2n) is 6.36. The number of fused-ring (bicyclic) bond motifs is 1. The molecule has 0 saturated heterocycles. The van der Waals surface area contributed by atoms with Crippen LogP contribution in [0.25, 0.3) is 5.57 Å². The van der Waals surface area contributed by atoms with Crippen molar-refractivity contribution >= 4 is 34.5 Å². The van der Waals surface area contributed by atoms with Crippen molar-refractivity contribution in [3.8, 4) is 0 Å². The Labute approximate surface area is 141 Å². The topological polar surface area (TPSA) is 41.1 Å². The third-order valence-electron chi connectivity index (χ3n) is 3.86. The summed E-state index contributed by atoms with van der Waals surface area (Å²) in [7, 11) is 0. The first-order valence-electron chi connectivity index (χ1n) is 7.54. The lowest BCUT2D eigenvalue weighted by molar-refractivity contribution is 0.102. The van der Waals surface area contributed by atoms with E-state index in [4.69, 9.17) is 11.6 Å². The molecule has 0 unspecified atom stereocenters. The van der Waals surface area contributed by atoms with Gasteiger partial charge in [-0.15, -0.1) is 0 Å². The molecule has 118 valence electrons. The Hall–Kier alpha value is -2.26. The first-order chi connectivity index (χ1) is 10.9. The summed E-state index contributed by atoms with van der Waals surface area (Å²) in [5.74, 6) is -0.137. The minimum Gasteiger partial charge on any atom is -0.376 e. The first kappa shape index (κ1) is 15.6. The maximum atomic E-state index is 12.7. The molecule has 1 aliphatic rings. The van der Waals surface area contributed by atoms with Crippen LogP contribution < -0.4 is 10.6 Å². The van der Waals surface area contributed by atoms with Gasteiger partial charge in [0.15, 0.2) is 0 Å². The number of rotatable bonds is 2. The maximum absolute atomic E-state index is 12.7. The fourth-order valence-electron chi connectivity index (χ4n) is 2.91. The highest BCUT2D eigenvalue weighted by Crippen LogP contribution is 2.36. The van der Waals surface area contributed by atoms with E-state index in [2.05, 4.69) is 37.5 Å². The van der Waals surface area contributed by atoms with Crippen molar-refractivity contribution in [2.75, 3.05) is 10.6 Å². The lowest BCUT2D eigenvalue weighted by Crippen LogP contribution is -2.33. The summed E-state index contributed by atoms with van der Waals surface area (Å²) in [6, 6.07) is 12.9. The Morgan fingerprint density at radius 2 is 1.83 bits per heavy atom. The zero-order valence-corrected chi connectivity index (χ0v) is 14.2. The number of hydrogen-bond acceptors (Lipinski definition) is 2. The predicted octanol–water partition coefficient (Wildman–Crippen LogP) is 5.20. The molecule has 0 spiro atoms. The van der Waals surface area contributed by atoms with Gasteiger partial charge in [-0.25, -0.2) is 0 Å². The van der Waals surface area contributed by atoms with Gasteiger partial charge in [0.2, 0.25) is 0 Å². The minimum absolute atomic E-state index is 0.137. The summed E-state index contributed by atoms with van der Waals surface area (Å²) in [4.78, 5) is 12.7. The van der Waals surface area contributed by atoms with Crippen molar-refractivity contribution in [3.05, 3.63) is 64.7 Å². The van der Waals surface area contributed by atoms with E-state index in [1.54, 1.807) is 24.3 Å². The number of para-hydroxylation sites is 1. The monoisotopic (exact) mass is 326 g/mol. The molecular formula is C19H19ClN2O. The van der Waals surface area contributed by atoms with Crippen LogP contribution in [0.15, 0.2) is 48.5 Å². The van der Waals surface area contributed by atoms with Gasteiger partial charge in [-0.3, -0.25) is 4.79 Å². The molecular weight excluding hydrogens is 308 g/mol. The molecule has 1 aliphatic heterocycles. The van der Waals surface area contributed by atoms with Gasteiger partial charge in [0.1, 0.15) is 0 Å². The molecule has 4 heteroatoms. The number of hydrogen-bond donors (Lipinski definition) is 2. The molecule has 1 amide bonds. The number of anilines is 2. The van der Waals surface area contributed by atoms with E-state index in [0.29, 0.717) is 10.6 Å². The second kappa shape index (κ2) is 5.74. The largest absolute Gasteiger partial charge is 0.376 e. The number of amides is 1. The molecule has 2 N–H and O–H groups in total. The number of halogens is 1. The van der Waals surface area contributed by atoms with Crippen LogP contribution >= 0.6 is 11.6 Å². The molecule has 0 aliphatic carbocycles. The van der Waals surface area contributed by atoms with E-state index in [1.165, 1.54) is 5.57 Å². The summed E-state index contributed by atoms with van der Waals surface area (Å²) in [5, 5.41) is 7.02. The Morgan fingerprint density at radius 1 is 1.13 bits per heavy atom. The van der Waals surface area contributed by atoms with Crippen LogP contribution in [0.1, 0.15) is 36.7 Å². The van der Waals surface area contributed by atoms with Crippen molar-refractivity contribution in [2.24, 2.45) is 0 Å². The van der Waals surface area contributed by atoms with Gasteiger partial charge in [0.25, 0.3) is 5.91 Å². The molecule has 1 heterocycles. The average Bonchev–Trinajstić information content (AvgIpc) is 2.48. The summed E-state index contributed by atoms with van der Waals surface area (Å²) in [6.45, 7) is 6.25. The second-order valence-corrected chi connectivity index (χ2v) is 6.80. The van der Waals surface area contributed by atoms with Gasteiger partial charge in [0.05, 0.1) is 16.8 Å². The normalized spacial score (nSPS) is 15.2. The molecule has 2 aromatic carbocycles. The molecule has 3 nitrogen and oxygen atoms in total. The number of nitrogens with one attached hydrogen (secondary N) is 2. The van der Waals surface area contributed by atoms with Crippen LogP contribution in [0, 0.1) is 0 Å². The van der Waals surface area contributed by atoms with Crippen LogP contribution in [0.2, 0.25) is 5.02 Å². The van der Waals surface area contributed by atoms with Gasteiger partial charge in [-0.2, -0.15) is 0 Å². The van der Waals surface area contributed by atoms with E-state index in [-0.39, 0.29) is 11.4 Å². The van der Waals surface area contributed by atoms with Gasteiger partial charge in [-0.05, 0) is 56.7 Å². The van der Waals surface area contributed by atoms with E-state index >= 15 is 0 Å². The predicted molar refractivity (Wildman–Crippen MR) is 97.2 cm³/mol. The van der Waals surface area contributed by atoms with E-state index in [9.17, 15) is 4.79 Å². The molecule has 0 saturated carbocycles. The average molecular weight is 327 g/mol. The van der Waals surface area contributed by atoms with Crippen LogP contribution in [0.4, 0.5) is 11.4 Å². The molecule has 23 heavy (non-hydrogen) atoms. The Morgan fingerprint density at radius 3 is 2.52 bits per heavy atom. The summed E-state index contributed by atoms with van der Waals surface area (Å²) < 4.78 is 0. The first-order valence-corrected chi connectivity index (χ1v) is 7.91. The van der Waals surface area contributed by atoms with Gasteiger partial charge >= 0.3 is 0 Å². The molecule has 0 aromatic heterocycles. The van der Waals surface area contributed by atoms with Crippen LogP contribution in [-0.4, -0.2) is 11.4 Å². The molecule has 0 atom stereocenters. The Bertz CT molecular complexity index is 792. The summed E-state index contributed by atoms with van der Waals surface area (Å²) in [6.07, 6.45) is 2.18. The lowest BCUT2D eigenvalue weighted by atomic mass is 9.89. The Balaban J connectivity index is 1.95. The van der Waals surface area contributed by atoms with E-state index in [0.717, 1.165) is 16.9 Å². The highest BCUT2D eigenvalue weighted by atomic mass is 35.5. The third-order valence-corrected chi connectivity index (χ3v) is 4.11. The number of allylic oxidation sites excluding steroid dienone is 1. The molecule has 2 aromatic rings. The highest BCUT2D eigenvalue weighted by Gasteiger charge is 2.26. The molecule has 0 bridgehead atoms. The Kier molecular flexibility index (Phi) is 3.90. The van der Waals surface area contributed by atoms with Crippen molar-refractivity contribution in [2.45, 2.75) is 26.3 Å². The molecule has 0 radical (unpaired) electrons. The van der Waals surface area contributed by atoms with Crippen LogP contribution in [0.5, 0.6) is 0 Å². The van der Waals surface area contributed by atoms with E-state index < -0.39 is 0 Å². The molecule has 0 fully saturated rings. The fourth-order valence-corrected chi connectivity index (χ4v) is 3.04. The zero-order chi connectivity index (χ0) is 16.6. The minimum atomic E-state index is -0.187. The van der Waals surface area contributed by atoms with Gasteiger partial charge in [0, 0.05) is 16.3 Å². The standard InChI is InChI=1S/C19H19ClN2O/c1-12-11-19(2,3)22-17-15(12)5-4-6-16(17)18(23)21-14-9-7-13(20)8-10-14/h4-11,22H,1-3H3,(H,21,23). The van der Waals surface area contributed by atoms with Gasteiger partial charge in [-0.1, -0.05) is 29.8 Å². The number of benzene rings is 2. The number of carbonyl (C=O) groups is 1.